The molecule has 2 aromatic rings. The highest BCUT2D eigenvalue weighted by molar-refractivity contribution is 9.10. The van der Waals surface area contributed by atoms with E-state index >= 15 is 0 Å². The van der Waals surface area contributed by atoms with Gasteiger partial charge in [-0.1, -0.05) is 27.5 Å². The molecule has 0 saturated heterocycles. The lowest BCUT2D eigenvalue weighted by Crippen LogP contribution is -2.15. The lowest BCUT2D eigenvalue weighted by Gasteiger charge is -2.10. The van der Waals surface area contributed by atoms with Gasteiger partial charge in [-0.2, -0.15) is 0 Å². The van der Waals surface area contributed by atoms with Gasteiger partial charge in [0.25, 0.3) is 5.91 Å². The van der Waals surface area contributed by atoms with Crippen molar-refractivity contribution in [3.63, 3.8) is 0 Å². The molecule has 5 nitrogen and oxygen atoms in total. The third-order valence-corrected chi connectivity index (χ3v) is 3.50. The molecule has 7 heteroatoms. The minimum atomic E-state index is -1.16. The number of carbonyl (C=O) groups is 2. The molecule has 0 fully saturated rings. The number of nitrogen functional groups attached to an aromatic ring is 1. The topological polar surface area (TPSA) is 92.4 Å². The van der Waals surface area contributed by atoms with E-state index in [1.807, 2.05) is 0 Å². The number of halogens is 2. The molecular formula is C14H10BrClN2O3. The van der Waals surface area contributed by atoms with Crippen LogP contribution < -0.4 is 11.1 Å². The summed E-state index contributed by atoms with van der Waals surface area (Å²) in [7, 11) is 0. The number of rotatable bonds is 3. The average molecular weight is 370 g/mol. The van der Waals surface area contributed by atoms with Crippen LogP contribution in [0.5, 0.6) is 0 Å². The first-order chi connectivity index (χ1) is 9.88. The molecule has 0 unspecified atom stereocenters. The van der Waals surface area contributed by atoms with Crippen molar-refractivity contribution >= 4 is 50.8 Å². The van der Waals surface area contributed by atoms with Crippen molar-refractivity contribution in [2.45, 2.75) is 0 Å². The third-order valence-electron chi connectivity index (χ3n) is 2.70. The molecule has 0 aliphatic rings. The molecule has 2 aromatic carbocycles. The van der Waals surface area contributed by atoms with E-state index in [0.29, 0.717) is 5.69 Å². The van der Waals surface area contributed by atoms with Crippen molar-refractivity contribution in [3.8, 4) is 0 Å². The number of nitrogens with two attached hydrogens (primary N) is 1. The molecule has 21 heavy (non-hydrogen) atoms. The molecule has 4 N–H and O–H groups in total. The second-order valence-corrected chi connectivity index (χ2v) is 5.51. The van der Waals surface area contributed by atoms with Crippen LogP contribution >= 0.6 is 27.5 Å². The predicted molar refractivity (Wildman–Crippen MR) is 84.9 cm³/mol. The van der Waals surface area contributed by atoms with Gasteiger partial charge in [-0.05, 0) is 36.4 Å². The van der Waals surface area contributed by atoms with Gasteiger partial charge >= 0.3 is 5.97 Å². The minimum absolute atomic E-state index is 0.0502. The van der Waals surface area contributed by atoms with E-state index in [-0.39, 0.29) is 21.8 Å². The molecule has 0 atom stereocenters. The van der Waals surface area contributed by atoms with Crippen LogP contribution in [0.3, 0.4) is 0 Å². The molecule has 2 rings (SSSR count). The Labute approximate surface area is 133 Å². The highest BCUT2D eigenvalue weighted by Crippen LogP contribution is 2.24. The molecule has 0 aromatic heterocycles. The Balaban J connectivity index is 2.35. The fraction of sp³-hybridized carbons (Fsp3) is 0. The van der Waals surface area contributed by atoms with E-state index in [1.54, 1.807) is 12.1 Å². The van der Waals surface area contributed by atoms with Crippen LogP contribution in [0.4, 0.5) is 11.4 Å². The monoisotopic (exact) mass is 368 g/mol. The molecular weight excluding hydrogens is 360 g/mol. The Morgan fingerprint density at radius 1 is 1.14 bits per heavy atom. The van der Waals surface area contributed by atoms with Crippen LogP contribution in [-0.4, -0.2) is 17.0 Å². The summed E-state index contributed by atoms with van der Waals surface area (Å²) in [6.07, 6.45) is 0. The van der Waals surface area contributed by atoms with E-state index in [9.17, 15) is 9.59 Å². The van der Waals surface area contributed by atoms with E-state index < -0.39 is 11.9 Å². The number of carboxylic acids is 1. The molecule has 0 heterocycles. The van der Waals surface area contributed by atoms with Gasteiger partial charge in [0.2, 0.25) is 0 Å². The predicted octanol–water partition coefficient (Wildman–Crippen LogP) is 3.64. The van der Waals surface area contributed by atoms with Crippen LogP contribution in [0.25, 0.3) is 0 Å². The normalized spacial score (nSPS) is 10.2. The van der Waals surface area contributed by atoms with E-state index in [4.69, 9.17) is 22.4 Å². The van der Waals surface area contributed by atoms with Gasteiger partial charge < -0.3 is 16.2 Å². The zero-order chi connectivity index (χ0) is 15.6. The zero-order valence-electron chi connectivity index (χ0n) is 10.6. The summed E-state index contributed by atoms with van der Waals surface area (Å²) in [5.41, 5.74) is 6.26. The van der Waals surface area contributed by atoms with Crippen molar-refractivity contribution < 1.29 is 14.7 Å². The number of hydrogen-bond donors (Lipinski definition) is 3. The van der Waals surface area contributed by atoms with E-state index in [2.05, 4.69) is 21.2 Å². The highest BCUT2D eigenvalue weighted by atomic mass is 79.9. The fourth-order valence-corrected chi connectivity index (χ4v) is 2.47. The van der Waals surface area contributed by atoms with Crippen LogP contribution in [0.15, 0.2) is 40.9 Å². The first-order valence-electron chi connectivity index (χ1n) is 5.77. The summed E-state index contributed by atoms with van der Waals surface area (Å²) in [5, 5.41) is 11.9. The van der Waals surface area contributed by atoms with Gasteiger partial charge in [0, 0.05) is 10.2 Å². The van der Waals surface area contributed by atoms with Gasteiger partial charge in [0.1, 0.15) is 0 Å². The van der Waals surface area contributed by atoms with Crippen molar-refractivity contribution in [2.75, 3.05) is 11.1 Å². The second kappa shape index (κ2) is 6.15. The quantitative estimate of drug-likeness (QED) is 0.720. The molecule has 108 valence electrons. The van der Waals surface area contributed by atoms with E-state index in [0.717, 1.165) is 4.47 Å². The van der Waals surface area contributed by atoms with Crippen LogP contribution in [0, 0.1) is 0 Å². The Morgan fingerprint density at radius 3 is 2.43 bits per heavy atom. The van der Waals surface area contributed by atoms with Crippen LogP contribution in [-0.2, 0) is 0 Å². The summed E-state index contributed by atoms with van der Waals surface area (Å²) in [4.78, 5) is 23.3. The summed E-state index contributed by atoms with van der Waals surface area (Å²) in [5.74, 6) is -1.67. The Bertz CT molecular complexity index is 734. The first-order valence-corrected chi connectivity index (χ1v) is 6.95. The number of nitrogens with one attached hydrogen (secondary N) is 1. The molecule has 0 bridgehead atoms. The lowest BCUT2D eigenvalue weighted by atomic mass is 10.1. The summed E-state index contributed by atoms with van der Waals surface area (Å²) in [6.45, 7) is 0. The Kier molecular flexibility index (Phi) is 4.50. The summed E-state index contributed by atoms with van der Waals surface area (Å²) < 4.78 is 0.735. The zero-order valence-corrected chi connectivity index (χ0v) is 12.9. The molecule has 0 aliphatic heterocycles. The number of anilines is 2. The van der Waals surface area contributed by atoms with Crippen molar-refractivity contribution in [2.24, 2.45) is 0 Å². The number of aromatic carboxylic acids is 1. The molecule has 1 amide bonds. The smallest absolute Gasteiger partial charge is 0.337 e. The highest BCUT2D eigenvalue weighted by Gasteiger charge is 2.16. The number of benzene rings is 2. The standard InChI is InChI=1S/C14H10BrClN2O3/c15-7-1-3-9(11(16)5-7)13(19)18-12-6-8(17)2-4-10(12)14(20)21/h1-6H,17H2,(H,18,19)(H,20,21). The van der Waals surface area contributed by atoms with Gasteiger partial charge in [-0.25, -0.2) is 4.79 Å². The van der Waals surface area contributed by atoms with Crippen molar-refractivity contribution in [1.29, 1.82) is 0 Å². The third kappa shape index (κ3) is 3.53. The SMILES string of the molecule is Nc1ccc(C(=O)O)c(NC(=O)c2ccc(Br)cc2Cl)c1. The maximum absolute atomic E-state index is 12.2. The largest absolute Gasteiger partial charge is 0.478 e. The second-order valence-electron chi connectivity index (χ2n) is 4.19. The molecule has 0 aliphatic carbocycles. The van der Waals surface area contributed by atoms with Gasteiger partial charge in [-0.15, -0.1) is 0 Å². The Hall–Kier alpha value is -2.05. The summed E-state index contributed by atoms with van der Waals surface area (Å²) >= 11 is 9.23. The minimum Gasteiger partial charge on any atom is -0.478 e. The van der Waals surface area contributed by atoms with Crippen molar-refractivity contribution in [3.05, 3.63) is 57.0 Å². The van der Waals surface area contributed by atoms with Gasteiger partial charge in [-0.3, -0.25) is 4.79 Å². The van der Waals surface area contributed by atoms with E-state index in [1.165, 1.54) is 24.3 Å². The average Bonchev–Trinajstić information content (AvgIpc) is 2.37. The molecule has 0 spiro atoms. The van der Waals surface area contributed by atoms with Crippen LogP contribution in [0.2, 0.25) is 5.02 Å². The number of hydrogen-bond acceptors (Lipinski definition) is 3. The maximum atomic E-state index is 12.2. The number of carbonyl (C=O) groups excluding carboxylic acids is 1. The Morgan fingerprint density at radius 2 is 1.81 bits per heavy atom. The molecule has 0 saturated carbocycles. The van der Waals surface area contributed by atoms with Crippen LogP contribution in [0.1, 0.15) is 20.7 Å². The maximum Gasteiger partial charge on any atom is 0.337 e. The number of carboxylic acid groups (broad SMARTS) is 1. The fourth-order valence-electron chi connectivity index (χ4n) is 1.72. The number of amides is 1. The van der Waals surface area contributed by atoms with Gasteiger partial charge in [0.05, 0.1) is 21.8 Å². The molecule has 0 radical (unpaired) electrons. The van der Waals surface area contributed by atoms with Crippen molar-refractivity contribution in [1.82, 2.24) is 0 Å². The van der Waals surface area contributed by atoms with Gasteiger partial charge in [0.15, 0.2) is 0 Å². The lowest BCUT2D eigenvalue weighted by molar-refractivity contribution is 0.0698. The summed E-state index contributed by atoms with van der Waals surface area (Å²) in [6, 6.07) is 8.94. The first kappa shape index (κ1) is 15.3.